The number of hydrogen-bond acceptors (Lipinski definition) is 6. The number of rotatable bonds is 9. The summed E-state index contributed by atoms with van der Waals surface area (Å²) < 4.78 is 31.5. The van der Waals surface area contributed by atoms with Gasteiger partial charge in [0.05, 0.1) is 12.3 Å². The van der Waals surface area contributed by atoms with Crippen molar-refractivity contribution in [2.75, 3.05) is 25.2 Å². The number of nitrogens with two attached hydrogens (primary N) is 2. The molecule has 1 aromatic carbocycles. The van der Waals surface area contributed by atoms with Crippen molar-refractivity contribution in [3.8, 4) is 0 Å². The van der Waals surface area contributed by atoms with Crippen LogP contribution < -0.4 is 16.8 Å². The Kier molecular flexibility index (Phi) is 8.06. The Bertz CT molecular complexity index is 1060. The number of pyridine rings is 1. The Morgan fingerprint density at radius 2 is 2.09 bits per heavy atom. The SMILES string of the molecule is C=C(Nc1ccc(C)c(/C(N)=C/C(=C(\N)CCC)N2CCOC2)c1)c1ccnc(C(F)F)c1. The molecule has 5 N–H and O–H groups in total. The number of hydrogen-bond donors (Lipinski definition) is 3. The maximum absolute atomic E-state index is 13.0. The van der Waals surface area contributed by atoms with E-state index in [0.29, 0.717) is 30.3 Å². The van der Waals surface area contributed by atoms with Gasteiger partial charge in [-0.1, -0.05) is 26.0 Å². The van der Waals surface area contributed by atoms with E-state index in [2.05, 4.69) is 28.7 Å². The molecule has 2 heterocycles. The fourth-order valence-corrected chi connectivity index (χ4v) is 3.63. The highest BCUT2D eigenvalue weighted by Crippen LogP contribution is 2.26. The molecule has 1 fully saturated rings. The zero-order chi connectivity index (χ0) is 24.0. The average Bonchev–Trinajstić information content (AvgIpc) is 3.33. The third kappa shape index (κ3) is 6.10. The zero-order valence-electron chi connectivity index (χ0n) is 19.1. The molecule has 33 heavy (non-hydrogen) atoms. The van der Waals surface area contributed by atoms with Gasteiger partial charge in [0, 0.05) is 46.6 Å². The van der Waals surface area contributed by atoms with Crippen LogP contribution in [0, 0.1) is 6.92 Å². The van der Waals surface area contributed by atoms with Gasteiger partial charge in [-0.25, -0.2) is 8.78 Å². The lowest BCUT2D eigenvalue weighted by Crippen LogP contribution is -2.23. The summed E-state index contributed by atoms with van der Waals surface area (Å²) in [6, 6.07) is 8.71. The Hall–Kier alpha value is -3.39. The van der Waals surface area contributed by atoms with Gasteiger partial charge in [-0.05, 0) is 49.2 Å². The summed E-state index contributed by atoms with van der Waals surface area (Å²) >= 11 is 0. The number of nitrogens with zero attached hydrogens (tertiary/aromatic N) is 2. The van der Waals surface area contributed by atoms with Crippen molar-refractivity contribution in [3.63, 3.8) is 0 Å². The number of nitrogens with one attached hydrogen (secondary N) is 1. The van der Waals surface area contributed by atoms with E-state index >= 15 is 0 Å². The standard InChI is InChI=1S/C25H31F2N5O/c1-4-5-21(28)24(32-10-11-33-15-32)14-22(29)20-13-19(7-6-16(20)2)31-17(3)18-8-9-30-23(12-18)25(26)27/h6-9,12-14,25,31H,3-5,10-11,15,28-29H2,1-2H3/b22-14-,24-21+. The number of benzene rings is 1. The van der Waals surface area contributed by atoms with Crippen molar-refractivity contribution >= 4 is 17.1 Å². The van der Waals surface area contributed by atoms with Gasteiger partial charge in [0.1, 0.15) is 12.4 Å². The second-order valence-electron chi connectivity index (χ2n) is 7.96. The van der Waals surface area contributed by atoms with Gasteiger partial charge in [0.25, 0.3) is 6.43 Å². The summed E-state index contributed by atoms with van der Waals surface area (Å²) in [5.41, 5.74) is 18.4. The zero-order valence-corrected chi connectivity index (χ0v) is 19.1. The summed E-state index contributed by atoms with van der Waals surface area (Å²) in [4.78, 5) is 5.78. The number of halogens is 2. The molecule has 0 unspecified atom stereocenters. The highest BCUT2D eigenvalue weighted by molar-refractivity contribution is 5.78. The van der Waals surface area contributed by atoms with Crippen molar-refractivity contribution in [2.45, 2.75) is 33.1 Å². The minimum atomic E-state index is -2.64. The molecule has 0 radical (unpaired) electrons. The van der Waals surface area contributed by atoms with Crippen LogP contribution >= 0.6 is 0 Å². The van der Waals surface area contributed by atoms with E-state index in [1.807, 2.05) is 31.2 Å². The number of allylic oxidation sites excluding steroid dienone is 2. The molecule has 0 saturated carbocycles. The van der Waals surface area contributed by atoms with E-state index in [-0.39, 0.29) is 5.69 Å². The van der Waals surface area contributed by atoms with Crippen LogP contribution in [0.15, 0.2) is 60.6 Å². The van der Waals surface area contributed by atoms with Crippen LogP contribution in [0.2, 0.25) is 0 Å². The lowest BCUT2D eigenvalue weighted by molar-refractivity contribution is 0.146. The van der Waals surface area contributed by atoms with Crippen LogP contribution in [0.3, 0.4) is 0 Å². The van der Waals surface area contributed by atoms with Gasteiger partial charge in [-0.2, -0.15) is 0 Å². The molecule has 0 aliphatic carbocycles. The van der Waals surface area contributed by atoms with E-state index in [9.17, 15) is 8.78 Å². The maximum atomic E-state index is 13.0. The molecule has 176 valence electrons. The topological polar surface area (TPSA) is 89.4 Å². The first kappa shape index (κ1) is 24.3. The smallest absolute Gasteiger partial charge is 0.280 e. The number of alkyl halides is 2. The van der Waals surface area contributed by atoms with Crippen LogP contribution in [0.1, 0.15) is 48.6 Å². The van der Waals surface area contributed by atoms with E-state index in [4.69, 9.17) is 16.2 Å². The largest absolute Gasteiger partial charge is 0.400 e. The van der Waals surface area contributed by atoms with Crippen LogP contribution in [-0.2, 0) is 4.74 Å². The molecular formula is C25H31F2N5O. The molecule has 1 aliphatic heterocycles. The summed E-state index contributed by atoms with van der Waals surface area (Å²) in [5, 5.41) is 3.18. The monoisotopic (exact) mass is 455 g/mol. The van der Waals surface area contributed by atoms with Crippen LogP contribution in [-0.4, -0.2) is 29.8 Å². The Balaban J connectivity index is 1.87. The second kappa shape index (κ2) is 11.0. The van der Waals surface area contributed by atoms with Crippen molar-refractivity contribution in [1.29, 1.82) is 0 Å². The molecule has 0 amide bonds. The normalized spacial score (nSPS) is 15.1. The Morgan fingerprint density at radius 1 is 1.30 bits per heavy atom. The first-order valence-electron chi connectivity index (χ1n) is 10.9. The molecule has 0 spiro atoms. The molecular weight excluding hydrogens is 424 g/mol. The number of aromatic nitrogens is 1. The molecule has 2 aromatic rings. The van der Waals surface area contributed by atoms with Gasteiger partial charge in [0.2, 0.25) is 0 Å². The summed E-state index contributed by atoms with van der Waals surface area (Å²) in [7, 11) is 0. The van der Waals surface area contributed by atoms with Gasteiger partial charge in [-0.15, -0.1) is 0 Å². The molecule has 3 rings (SSSR count). The Labute approximate surface area is 193 Å². The van der Waals surface area contributed by atoms with Gasteiger partial charge < -0.3 is 26.4 Å². The lowest BCUT2D eigenvalue weighted by Gasteiger charge is -2.21. The number of ether oxygens (including phenoxy) is 1. The van der Waals surface area contributed by atoms with Crippen LogP contribution in [0.5, 0.6) is 0 Å². The van der Waals surface area contributed by atoms with Gasteiger partial charge >= 0.3 is 0 Å². The molecule has 1 saturated heterocycles. The second-order valence-corrected chi connectivity index (χ2v) is 7.96. The highest BCUT2D eigenvalue weighted by Gasteiger charge is 2.18. The lowest BCUT2D eigenvalue weighted by atomic mass is 10.0. The Morgan fingerprint density at radius 3 is 2.76 bits per heavy atom. The summed E-state index contributed by atoms with van der Waals surface area (Å²) in [6.07, 6.45) is 2.31. The van der Waals surface area contributed by atoms with Crippen molar-refractivity contribution in [1.82, 2.24) is 9.88 Å². The molecule has 0 bridgehead atoms. The minimum absolute atomic E-state index is 0.290. The van der Waals surface area contributed by atoms with Crippen molar-refractivity contribution < 1.29 is 13.5 Å². The fraction of sp³-hybridized carbons (Fsp3) is 0.320. The summed E-state index contributed by atoms with van der Waals surface area (Å²) in [5.74, 6) is 0. The third-order valence-corrected chi connectivity index (χ3v) is 5.43. The molecule has 1 aromatic heterocycles. The molecule has 0 atom stereocenters. The minimum Gasteiger partial charge on any atom is -0.400 e. The van der Waals surface area contributed by atoms with E-state index in [1.54, 1.807) is 6.07 Å². The molecule has 8 heteroatoms. The first-order chi connectivity index (χ1) is 15.8. The first-order valence-corrected chi connectivity index (χ1v) is 10.9. The van der Waals surface area contributed by atoms with Gasteiger partial charge in [0.15, 0.2) is 0 Å². The van der Waals surface area contributed by atoms with Crippen molar-refractivity contribution in [3.05, 3.63) is 83.0 Å². The molecule has 1 aliphatic rings. The van der Waals surface area contributed by atoms with Crippen LogP contribution in [0.25, 0.3) is 11.4 Å². The number of aryl methyl sites for hydroxylation is 1. The van der Waals surface area contributed by atoms with E-state index < -0.39 is 6.43 Å². The van der Waals surface area contributed by atoms with E-state index in [1.165, 1.54) is 12.3 Å². The van der Waals surface area contributed by atoms with Gasteiger partial charge in [-0.3, -0.25) is 4.98 Å². The van der Waals surface area contributed by atoms with Crippen LogP contribution in [0.4, 0.5) is 14.5 Å². The molecule has 6 nitrogen and oxygen atoms in total. The van der Waals surface area contributed by atoms with Crippen molar-refractivity contribution in [2.24, 2.45) is 11.5 Å². The fourth-order valence-electron chi connectivity index (χ4n) is 3.63. The average molecular weight is 456 g/mol. The highest BCUT2D eigenvalue weighted by atomic mass is 19.3. The maximum Gasteiger partial charge on any atom is 0.280 e. The van der Waals surface area contributed by atoms with E-state index in [0.717, 1.165) is 47.6 Å². The number of anilines is 1. The predicted octanol–water partition coefficient (Wildman–Crippen LogP) is 4.97. The third-order valence-electron chi connectivity index (χ3n) is 5.43. The predicted molar refractivity (Wildman–Crippen MR) is 129 cm³/mol. The quantitative estimate of drug-likeness (QED) is 0.463. The summed E-state index contributed by atoms with van der Waals surface area (Å²) in [6.45, 7) is 9.94.